The third kappa shape index (κ3) is 4.04. The SMILES string of the molecule is O=c1ccccn1Cc1cn(CCCN2CCCCC2)nn1. The fourth-order valence-corrected chi connectivity index (χ4v) is 2.93. The minimum Gasteiger partial charge on any atom is -0.309 e. The molecule has 0 saturated carbocycles. The van der Waals surface area contributed by atoms with Crippen molar-refractivity contribution >= 4 is 0 Å². The van der Waals surface area contributed by atoms with Gasteiger partial charge < -0.3 is 9.47 Å². The second kappa shape index (κ2) is 7.35. The van der Waals surface area contributed by atoms with Gasteiger partial charge in [0.15, 0.2) is 0 Å². The first-order valence-corrected chi connectivity index (χ1v) is 8.08. The topological polar surface area (TPSA) is 56.0 Å². The normalized spacial score (nSPS) is 16.0. The summed E-state index contributed by atoms with van der Waals surface area (Å²) in [5, 5.41) is 8.32. The van der Waals surface area contributed by atoms with E-state index < -0.39 is 0 Å². The Kier molecular flexibility index (Phi) is 5.00. The number of likely N-dealkylation sites (tertiary alicyclic amines) is 1. The Morgan fingerprint density at radius 3 is 2.77 bits per heavy atom. The van der Waals surface area contributed by atoms with E-state index in [-0.39, 0.29) is 5.56 Å². The zero-order chi connectivity index (χ0) is 15.2. The first-order valence-electron chi connectivity index (χ1n) is 8.08. The molecule has 1 aliphatic heterocycles. The van der Waals surface area contributed by atoms with E-state index in [1.807, 2.05) is 16.9 Å². The van der Waals surface area contributed by atoms with Gasteiger partial charge in [0.25, 0.3) is 5.56 Å². The molecule has 2 aromatic rings. The number of piperidine rings is 1. The first kappa shape index (κ1) is 15.0. The Bertz CT molecular complexity index is 642. The fraction of sp³-hybridized carbons (Fsp3) is 0.562. The van der Waals surface area contributed by atoms with E-state index in [9.17, 15) is 4.79 Å². The minimum atomic E-state index is -0.0119. The highest BCUT2D eigenvalue weighted by molar-refractivity contribution is 4.99. The van der Waals surface area contributed by atoms with Gasteiger partial charge in [0.1, 0.15) is 5.69 Å². The maximum Gasteiger partial charge on any atom is 0.250 e. The van der Waals surface area contributed by atoms with Crippen LogP contribution in [0.15, 0.2) is 35.4 Å². The van der Waals surface area contributed by atoms with Crippen molar-refractivity contribution in [1.82, 2.24) is 24.5 Å². The van der Waals surface area contributed by atoms with Crippen LogP contribution in [0.3, 0.4) is 0 Å². The summed E-state index contributed by atoms with van der Waals surface area (Å²) in [7, 11) is 0. The summed E-state index contributed by atoms with van der Waals surface area (Å²) in [5.74, 6) is 0. The predicted octanol–water partition coefficient (Wildman–Crippen LogP) is 1.36. The van der Waals surface area contributed by atoms with E-state index in [1.54, 1.807) is 22.9 Å². The van der Waals surface area contributed by atoms with Gasteiger partial charge in [-0.1, -0.05) is 17.7 Å². The molecule has 0 radical (unpaired) electrons. The van der Waals surface area contributed by atoms with Crippen LogP contribution in [0.5, 0.6) is 0 Å². The van der Waals surface area contributed by atoms with E-state index in [0.717, 1.165) is 25.2 Å². The summed E-state index contributed by atoms with van der Waals surface area (Å²) in [4.78, 5) is 14.2. The van der Waals surface area contributed by atoms with E-state index in [0.29, 0.717) is 6.54 Å². The average Bonchev–Trinajstić information content (AvgIpc) is 2.98. The van der Waals surface area contributed by atoms with Gasteiger partial charge >= 0.3 is 0 Å². The molecule has 3 rings (SSSR count). The number of hydrogen-bond donors (Lipinski definition) is 0. The Hall–Kier alpha value is -1.95. The van der Waals surface area contributed by atoms with E-state index in [4.69, 9.17) is 0 Å². The molecule has 6 nitrogen and oxygen atoms in total. The van der Waals surface area contributed by atoms with Crippen LogP contribution in [-0.2, 0) is 13.1 Å². The average molecular weight is 301 g/mol. The van der Waals surface area contributed by atoms with Crippen molar-refractivity contribution in [3.05, 3.63) is 46.6 Å². The highest BCUT2D eigenvalue weighted by atomic mass is 16.1. The van der Waals surface area contributed by atoms with Crippen molar-refractivity contribution < 1.29 is 0 Å². The van der Waals surface area contributed by atoms with Crippen molar-refractivity contribution in [3.63, 3.8) is 0 Å². The lowest BCUT2D eigenvalue weighted by Gasteiger charge is -2.26. The molecule has 3 heterocycles. The van der Waals surface area contributed by atoms with E-state index in [1.165, 1.54) is 32.4 Å². The molecule has 1 saturated heterocycles. The van der Waals surface area contributed by atoms with Crippen molar-refractivity contribution in [2.45, 2.75) is 38.8 Å². The lowest BCUT2D eigenvalue weighted by Crippen LogP contribution is -2.31. The van der Waals surface area contributed by atoms with Gasteiger partial charge in [-0.3, -0.25) is 9.48 Å². The van der Waals surface area contributed by atoms with Crippen LogP contribution in [0.4, 0.5) is 0 Å². The van der Waals surface area contributed by atoms with Gasteiger partial charge in [0, 0.05) is 18.8 Å². The Morgan fingerprint density at radius 2 is 1.95 bits per heavy atom. The molecule has 1 aliphatic rings. The molecule has 1 fully saturated rings. The molecule has 22 heavy (non-hydrogen) atoms. The smallest absolute Gasteiger partial charge is 0.250 e. The Morgan fingerprint density at radius 1 is 1.09 bits per heavy atom. The zero-order valence-electron chi connectivity index (χ0n) is 12.9. The fourth-order valence-electron chi connectivity index (χ4n) is 2.93. The van der Waals surface area contributed by atoms with Crippen molar-refractivity contribution in [2.75, 3.05) is 19.6 Å². The summed E-state index contributed by atoms with van der Waals surface area (Å²) in [6.07, 6.45) is 8.85. The predicted molar refractivity (Wildman–Crippen MR) is 84.7 cm³/mol. The van der Waals surface area contributed by atoms with Gasteiger partial charge in [-0.05, 0) is 45.0 Å². The Labute approximate surface area is 130 Å². The molecule has 0 aromatic carbocycles. The molecule has 0 bridgehead atoms. The van der Waals surface area contributed by atoms with Crippen LogP contribution in [0.2, 0.25) is 0 Å². The van der Waals surface area contributed by atoms with Gasteiger partial charge in [-0.2, -0.15) is 0 Å². The number of nitrogens with zero attached hydrogens (tertiary/aromatic N) is 5. The van der Waals surface area contributed by atoms with Crippen LogP contribution in [0.25, 0.3) is 0 Å². The number of pyridine rings is 1. The van der Waals surface area contributed by atoms with Crippen LogP contribution in [-0.4, -0.2) is 44.1 Å². The molecule has 0 atom stereocenters. The maximum absolute atomic E-state index is 11.7. The van der Waals surface area contributed by atoms with Crippen molar-refractivity contribution in [2.24, 2.45) is 0 Å². The minimum absolute atomic E-state index is 0.0119. The van der Waals surface area contributed by atoms with Crippen molar-refractivity contribution in [3.8, 4) is 0 Å². The quantitative estimate of drug-likeness (QED) is 0.808. The van der Waals surface area contributed by atoms with Crippen LogP contribution in [0, 0.1) is 0 Å². The van der Waals surface area contributed by atoms with E-state index in [2.05, 4.69) is 15.2 Å². The molecule has 0 N–H and O–H groups in total. The molecule has 6 heteroatoms. The highest BCUT2D eigenvalue weighted by Crippen LogP contribution is 2.09. The molecule has 0 unspecified atom stereocenters. The van der Waals surface area contributed by atoms with Gasteiger partial charge in [-0.15, -0.1) is 5.10 Å². The molecular weight excluding hydrogens is 278 g/mol. The maximum atomic E-state index is 11.7. The second-order valence-electron chi connectivity index (χ2n) is 5.90. The van der Waals surface area contributed by atoms with Crippen molar-refractivity contribution in [1.29, 1.82) is 0 Å². The lowest BCUT2D eigenvalue weighted by atomic mass is 10.1. The largest absolute Gasteiger partial charge is 0.309 e. The van der Waals surface area contributed by atoms with Gasteiger partial charge in [-0.25, -0.2) is 0 Å². The second-order valence-corrected chi connectivity index (χ2v) is 5.90. The molecule has 0 amide bonds. The van der Waals surface area contributed by atoms with Crippen LogP contribution in [0.1, 0.15) is 31.4 Å². The molecule has 0 spiro atoms. The number of hydrogen-bond acceptors (Lipinski definition) is 4. The summed E-state index contributed by atoms with van der Waals surface area (Å²) < 4.78 is 3.52. The number of rotatable bonds is 6. The number of aryl methyl sites for hydroxylation is 1. The van der Waals surface area contributed by atoms with Gasteiger partial charge in [0.2, 0.25) is 0 Å². The summed E-state index contributed by atoms with van der Waals surface area (Å²) in [6, 6.07) is 5.16. The molecule has 118 valence electrons. The Balaban J connectivity index is 1.49. The third-order valence-corrected chi connectivity index (χ3v) is 4.13. The number of aromatic nitrogens is 4. The first-order chi connectivity index (χ1) is 10.8. The molecule has 0 aliphatic carbocycles. The molecular formula is C16H23N5O. The third-order valence-electron chi connectivity index (χ3n) is 4.13. The summed E-state index contributed by atoms with van der Waals surface area (Å²) >= 11 is 0. The lowest BCUT2D eigenvalue weighted by molar-refractivity contribution is 0.221. The summed E-state index contributed by atoms with van der Waals surface area (Å²) in [6.45, 7) is 4.96. The van der Waals surface area contributed by atoms with Gasteiger partial charge in [0.05, 0.1) is 12.7 Å². The standard InChI is InChI=1S/C16H23N5O/c22-16-7-2-5-11-20(16)13-15-14-21(18-17-15)12-6-10-19-8-3-1-4-9-19/h2,5,7,11,14H,1,3-4,6,8-10,12-13H2. The summed E-state index contributed by atoms with van der Waals surface area (Å²) in [5.41, 5.74) is 0.813. The van der Waals surface area contributed by atoms with Crippen LogP contribution >= 0.6 is 0 Å². The highest BCUT2D eigenvalue weighted by Gasteiger charge is 2.09. The van der Waals surface area contributed by atoms with Crippen LogP contribution < -0.4 is 5.56 Å². The monoisotopic (exact) mass is 301 g/mol. The molecule has 2 aromatic heterocycles. The van der Waals surface area contributed by atoms with E-state index >= 15 is 0 Å². The zero-order valence-corrected chi connectivity index (χ0v) is 12.9.